The van der Waals surface area contributed by atoms with E-state index in [2.05, 4.69) is 26.5 Å². The van der Waals surface area contributed by atoms with E-state index < -0.39 is 17.8 Å². The summed E-state index contributed by atoms with van der Waals surface area (Å²) >= 11 is 3.32. The number of hydrazone groups is 1. The van der Waals surface area contributed by atoms with E-state index in [4.69, 9.17) is 14.2 Å². The van der Waals surface area contributed by atoms with E-state index in [0.29, 0.717) is 11.3 Å². The lowest BCUT2D eigenvalue weighted by atomic mass is 10.2. The summed E-state index contributed by atoms with van der Waals surface area (Å²) in [6, 6.07) is 11.5. The van der Waals surface area contributed by atoms with Crippen LogP contribution in [-0.4, -0.2) is 30.7 Å². The highest BCUT2D eigenvalue weighted by Gasteiger charge is 2.09. The van der Waals surface area contributed by atoms with Gasteiger partial charge in [0.05, 0.1) is 10.7 Å². The van der Waals surface area contributed by atoms with Crippen LogP contribution in [0.25, 0.3) is 0 Å². The second-order valence-corrected chi connectivity index (χ2v) is 6.25. The Kier molecular flexibility index (Phi) is 7.70. The fraction of sp³-hybridized carbons (Fsp3) is 0.158. The number of rotatable bonds is 7. The van der Waals surface area contributed by atoms with Gasteiger partial charge in [0, 0.05) is 25.5 Å². The fourth-order valence-electron chi connectivity index (χ4n) is 2.01. The van der Waals surface area contributed by atoms with Crippen LogP contribution in [0.4, 0.5) is 0 Å². The highest BCUT2D eigenvalue weighted by Crippen LogP contribution is 2.25. The molecule has 0 bridgehead atoms. The molecule has 0 saturated carbocycles. The third kappa shape index (κ3) is 6.84. The van der Waals surface area contributed by atoms with Gasteiger partial charge in [-0.05, 0) is 40.2 Å². The van der Waals surface area contributed by atoms with Crippen LogP contribution < -0.4 is 19.6 Å². The van der Waals surface area contributed by atoms with Crippen molar-refractivity contribution in [3.8, 4) is 17.2 Å². The van der Waals surface area contributed by atoms with E-state index in [-0.39, 0.29) is 18.1 Å². The molecule has 0 fully saturated rings. The number of benzene rings is 2. The molecule has 1 N–H and O–H groups in total. The van der Waals surface area contributed by atoms with Crippen molar-refractivity contribution in [3.63, 3.8) is 0 Å². The molecule has 0 unspecified atom stereocenters. The van der Waals surface area contributed by atoms with Gasteiger partial charge in [-0.15, -0.1) is 0 Å². The molecule has 0 aliphatic rings. The Morgan fingerprint density at radius 2 is 1.75 bits per heavy atom. The third-order valence-corrected chi connectivity index (χ3v) is 3.74. The van der Waals surface area contributed by atoms with Crippen LogP contribution in [0, 0.1) is 0 Å². The molecule has 1 amide bonds. The highest BCUT2D eigenvalue weighted by atomic mass is 79.9. The van der Waals surface area contributed by atoms with E-state index in [1.54, 1.807) is 18.2 Å². The molecule has 28 heavy (non-hydrogen) atoms. The maximum absolute atomic E-state index is 11.8. The van der Waals surface area contributed by atoms with Crippen LogP contribution >= 0.6 is 15.9 Å². The number of halogens is 1. The molecule has 0 heterocycles. The molecule has 0 aliphatic carbocycles. The number of hydrogen-bond acceptors (Lipinski definition) is 7. The number of carbonyl (C=O) groups is 3. The average Bonchev–Trinajstić information content (AvgIpc) is 2.62. The number of ether oxygens (including phenoxy) is 3. The minimum absolute atomic E-state index is 0.133. The lowest BCUT2D eigenvalue weighted by Gasteiger charge is -2.08. The first kappa shape index (κ1) is 21.1. The number of amides is 1. The molecule has 0 radical (unpaired) electrons. The fourth-order valence-corrected chi connectivity index (χ4v) is 2.40. The zero-order valence-corrected chi connectivity index (χ0v) is 16.7. The lowest BCUT2D eigenvalue weighted by Crippen LogP contribution is -2.24. The second-order valence-electron chi connectivity index (χ2n) is 5.40. The first-order valence-electron chi connectivity index (χ1n) is 8.05. The van der Waals surface area contributed by atoms with Crippen LogP contribution in [-0.2, 0) is 14.4 Å². The smallest absolute Gasteiger partial charge is 0.308 e. The van der Waals surface area contributed by atoms with E-state index in [1.807, 2.05) is 6.07 Å². The van der Waals surface area contributed by atoms with Gasteiger partial charge in [0.1, 0.15) is 17.2 Å². The molecule has 146 valence electrons. The molecule has 2 rings (SSSR count). The summed E-state index contributed by atoms with van der Waals surface area (Å²) in [6.45, 7) is 2.26. The Bertz CT molecular complexity index is 913. The maximum Gasteiger partial charge on any atom is 0.308 e. The summed E-state index contributed by atoms with van der Waals surface area (Å²) < 4.78 is 16.1. The zero-order valence-electron chi connectivity index (χ0n) is 15.1. The number of carbonyl (C=O) groups excluding carboxylic acids is 3. The highest BCUT2D eigenvalue weighted by molar-refractivity contribution is 9.10. The Hall–Kier alpha value is -3.20. The van der Waals surface area contributed by atoms with Crippen molar-refractivity contribution in [2.75, 3.05) is 6.61 Å². The summed E-state index contributed by atoms with van der Waals surface area (Å²) in [4.78, 5) is 34.2. The molecule has 8 nitrogen and oxygen atoms in total. The van der Waals surface area contributed by atoms with Crippen LogP contribution in [0.1, 0.15) is 19.4 Å². The first-order chi connectivity index (χ1) is 13.3. The normalized spacial score (nSPS) is 10.4. The standard InChI is InChI=1S/C19H17BrN2O6/c1-12(23)27-15-8-7-14(18(9-15)28-13(2)24)10-21-22-19(25)11-26-17-6-4-3-5-16(17)20/h3-10H,11H2,1-2H3,(H,22,25). The SMILES string of the molecule is CC(=O)Oc1ccc(C=NNC(=O)COc2ccccc2Br)c(OC(C)=O)c1. The van der Waals surface area contributed by atoms with Crippen LogP contribution in [0.3, 0.4) is 0 Å². The van der Waals surface area contributed by atoms with E-state index in [0.717, 1.165) is 4.47 Å². The van der Waals surface area contributed by atoms with Gasteiger partial charge >= 0.3 is 11.9 Å². The Labute approximate surface area is 169 Å². The van der Waals surface area contributed by atoms with Gasteiger partial charge in [-0.25, -0.2) is 5.43 Å². The minimum atomic E-state index is -0.555. The summed E-state index contributed by atoms with van der Waals surface area (Å²) in [5.74, 6) is -0.661. The molecule has 0 saturated heterocycles. The largest absolute Gasteiger partial charge is 0.483 e. The number of hydrogen-bond donors (Lipinski definition) is 1. The number of nitrogens with one attached hydrogen (secondary N) is 1. The van der Waals surface area contributed by atoms with Crippen molar-refractivity contribution in [2.24, 2.45) is 5.10 Å². The van der Waals surface area contributed by atoms with Gasteiger partial charge in [-0.3, -0.25) is 14.4 Å². The maximum atomic E-state index is 11.8. The van der Waals surface area contributed by atoms with E-state index >= 15 is 0 Å². The molecule has 0 aliphatic heterocycles. The average molecular weight is 449 g/mol. The Morgan fingerprint density at radius 3 is 2.43 bits per heavy atom. The number of nitrogens with zero attached hydrogens (tertiary/aromatic N) is 1. The lowest BCUT2D eigenvalue weighted by molar-refractivity contribution is -0.132. The Balaban J connectivity index is 1.99. The van der Waals surface area contributed by atoms with Crippen LogP contribution in [0.15, 0.2) is 52.0 Å². The predicted octanol–water partition coefficient (Wildman–Crippen LogP) is 2.83. The molecule has 0 spiro atoms. The van der Waals surface area contributed by atoms with Crippen molar-refractivity contribution in [3.05, 3.63) is 52.5 Å². The second kappa shape index (κ2) is 10.2. The summed E-state index contributed by atoms with van der Waals surface area (Å²) in [6.07, 6.45) is 1.30. The van der Waals surface area contributed by atoms with Gasteiger partial charge < -0.3 is 14.2 Å². The first-order valence-corrected chi connectivity index (χ1v) is 8.84. The third-order valence-electron chi connectivity index (χ3n) is 3.09. The summed E-state index contributed by atoms with van der Waals surface area (Å²) in [5, 5.41) is 3.82. The van der Waals surface area contributed by atoms with Gasteiger partial charge in [0.2, 0.25) is 0 Å². The van der Waals surface area contributed by atoms with Crippen molar-refractivity contribution < 1.29 is 28.6 Å². The summed E-state index contributed by atoms with van der Waals surface area (Å²) in [7, 11) is 0. The topological polar surface area (TPSA) is 103 Å². The van der Waals surface area contributed by atoms with E-state index in [1.165, 1.54) is 38.3 Å². The number of para-hydroxylation sites is 1. The Morgan fingerprint density at radius 1 is 1.04 bits per heavy atom. The van der Waals surface area contributed by atoms with Gasteiger partial charge in [-0.1, -0.05) is 12.1 Å². The molecule has 0 aromatic heterocycles. The predicted molar refractivity (Wildman–Crippen MR) is 104 cm³/mol. The quantitative estimate of drug-likeness (QED) is 0.302. The van der Waals surface area contributed by atoms with Gasteiger partial charge in [0.25, 0.3) is 5.91 Å². The van der Waals surface area contributed by atoms with Gasteiger partial charge in [-0.2, -0.15) is 5.10 Å². The van der Waals surface area contributed by atoms with Crippen molar-refractivity contribution >= 4 is 40.0 Å². The molecule has 0 atom stereocenters. The van der Waals surface area contributed by atoms with Crippen LogP contribution in [0.5, 0.6) is 17.2 Å². The van der Waals surface area contributed by atoms with Crippen molar-refractivity contribution in [1.29, 1.82) is 0 Å². The summed E-state index contributed by atoms with van der Waals surface area (Å²) in [5.41, 5.74) is 2.71. The number of esters is 2. The molecular weight excluding hydrogens is 432 g/mol. The van der Waals surface area contributed by atoms with Gasteiger partial charge in [0.15, 0.2) is 6.61 Å². The molecule has 9 heteroatoms. The van der Waals surface area contributed by atoms with E-state index in [9.17, 15) is 14.4 Å². The molecule has 2 aromatic rings. The monoisotopic (exact) mass is 448 g/mol. The zero-order chi connectivity index (χ0) is 20.5. The molecular formula is C19H17BrN2O6. The van der Waals surface area contributed by atoms with Crippen molar-refractivity contribution in [2.45, 2.75) is 13.8 Å². The molecule has 2 aromatic carbocycles. The van der Waals surface area contributed by atoms with Crippen LogP contribution in [0.2, 0.25) is 0 Å². The minimum Gasteiger partial charge on any atom is -0.483 e. The van der Waals surface area contributed by atoms with Crippen molar-refractivity contribution in [1.82, 2.24) is 5.43 Å².